The normalized spacial score (nSPS) is 14.0. The molecule has 0 bridgehead atoms. The van der Waals surface area contributed by atoms with Crippen LogP contribution in [-0.4, -0.2) is 74.9 Å². The van der Waals surface area contributed by atoms with Crippen LogP contribution in [0, 0.1) is 12.7 Å². The fraction of sp³-hybridized carbons (Fsp3) is 0.296. The Labute approximate surface area is 237 Å². The number of benzene rings is 2. The van der Waals surface area contributed by atoms with E-state index in [1.54, 1.807) is 24.3 Å². The Morgan fingerprint density at radius 2 is 1.83 bits per heavy atom. The highest BCUT2D eigenvalue weighted by molar-refractivity contribution is 6.04. The number of carbonyl (C=O) groups is 1. The van der Waals surface area contributed by atoms with Crippen LogP contribution in [0.25, 0.3) is 5.82 Å². The quantitative estimate of drug-likeness (QED) is 0.247. The Kier molecular flexibility index (Phi) is 8.59. The minimum absolute atomic E-state index is 0.269. The topological polar surface area (TPSA) is 122 Å². The van der Waals surface area contributed by atoms with Crippen molar-refractivity contribution in [2.24, 2.45) is 0 Å². The molecule has 220 valence electrons. The molecule has 0 radical (unpaired) electrons. The van der Waals surface area contributed by atoms with Crippen LogP contribution in [0.1, 0.15) is 21.5 Å². The van der Waals surface area contributed by atoms with E-state index in [4.69, 9.17) is 4.74 Å². The van der Waals surface area contributed by atoms with Crippen molar-refractivity contribution in [1.29, 1.82) is 0 Å². The zero-order valence-corrected chi connectivity index (χ0v) is 22.5. The van der Waals surface area contributed by atoms with Crippen LogP contribution in [0.4, 0.5) is 40.7 Å². The number of rotatable bonds is 9. The number of amides is 1. The smallest absolute Gasteiger partial charge is 0.379 e. The number of morpholine rings is 1. The van der Waals surface area contributed by atoms with Gasteiger partial charge < -0.3 is 20.7 Å². The molecule has 5 rings (SSSR count). The molecule has 0 aliphatic carbocycles. The number of nitrogens with one attached hydrogen (secondary N) is 3. The second-order valence-electron chi connectivity index (χ2n) is 9.47. The summed E-state index contributed by atoms with van der Waals surface area (Å²) < 4.78 is 59.9. The number of hydrogen-bond donors (Lipinski definition) is 3. The molecule has 3 heterocycles. The largest absolute Gasteiger partial charge is 0.416 e. The van der Waals surface area contributed by atoms with E-state index in [0.29, 0.717) is 41.9 Å². The van der Waals surface area contributed by atoms with Crippen molar-refractivity contribution < 1.29 is 27.1 Å². The van der Waals surface area contributed by atoms with Gasteiger partial charge in [-0.3, -0.25) is 9.69 Å². The van der Waals surface area contributed by atoms with Crippen LogP contribution in [0.5, 0.6) is 0 Å². The van der Waals surface area contributed by atoms with E-state index >= 15 is 0 Å². The molecule has 0 saturated carbocycles. The fourth-order valence-electron chi connectivity index (χ4n) is 4.26. The van der Waals surface area contributed by atoms with Crippen molar-refractivity contribution in [2.75, 3.05) is 55.3 Å². The molecule has 0 atom stereocenters. The lowest BCUT2D eigenvalue weighted by Crippen LogP contribution is -2.39. The summed E-state index contributed by atoms with van der Waals surface area (Å²) in [4.78, 5) is 27.8. The number of alkyl halides is 3. The highest BCUT2D eigenvalue weighted by Gasteiger charge is 2.32. The van der Waals surface area contributed by atoms with E-state index in [1.165, 1.54) is 17.3 Å². The first-order chi connectivity index (χ1) is 20.2. The zero-order chi connectivity index (χ0) is 29.7. The molecule has 1 saturated heterocycles. The minimum Gasteiger partial charge on any atom is -0.379 e. The average molecular weight is 586 g/mol. The van der Waals surface area contributed by atoms with Gasteiger partial charge in [-0.1, -0.05) is 6.07 Å². The van der Waals surface area contributed by atoms with E-state index < -0.39 is 29.0 Å². The Hall–Kier alpha value is -4.63. The molecule has 2 aromatic heterocycles. The molecule has 11 nitrogen and oxygen atoms in total. The van der Waals surface area contributed by atoms with Crippen molar-refractivity contribution in [3.8, 4) is 5.82 Å². The second kappa shape index (κ2) is 12.5. The van der Waals surface area contributed by atoms with Crippen LogP contribution in [0.3, 0.4) is 0 Å². The van der Waals surface area contributed by atoms with Gasteiger partial charge in [-0.2, -0.15) is 27.9 Å². The standard InChI is InChI=1S/C27H27F4N9O2/c1-17-2-3-21(37-25(41)18-10-19(27(29,30)31)12-20(28)11-18)13-22(17)38-26-35-16-36-40(26)24-14-23(33-15-34-24)32-4-5-39-6-8-42-9-7-39/h2-3,10-16H,4-9H2,1H3,(H,37,41)(H,32,33,34)(H,35,36,38). The zero-order valence-electron chi connectivity index (χ0n) is 22.5. The SMILES string of the molecule is Cc1ccc(NC(=O)c2cc(F)cc(C(F)(F)F)c2)cc1Nc1ncnn1-c1cc(NCCN2CCOCC2)ncn1. The van der Waals surface area contributed by atoms with Gasteiger partial charge in [0.25, 0.3) is 5.91 Å². The molecular formula is C27H27F4N9O2. The number of hydrogen-bond acceptors (Lipinski definition) is 9. The molecule has 0 spiro atoms. The van der Waals surface area contributed by atoms with Gasteiger partial charge in [-0.25, -0.2) is 14.4 Å². The third-order valence-corrected chi connectivity index (χ3v) is 6.48. The summed E-state index contributed by atoms with van der Waals surface area (Å²) >= 11 is 0. The van der Waals surface area contributed by atoms with Crippen molar-refractivity contribution >= 4 is 29.0 Å². The van der Waals surface area contributed by atoms with Crippen LogP contribution in [0.2, 0.25) is 0 Å². The lowest BCUT2D eigenvalue weighted by atomic mass is 10.1. The van der Waals surface area contributed by atoms with Crippen LogP contribution < -0.4 is 16.0 Å². The van der Waals surface area contributed by atoms with Gasteiger partial charge in [-0.05, 0) is 42.8 Å². The van der Waals surface area contributed by atoms with Crippen molar-refractivity contribution in [1.82, 2.24) is 29.6 Å². The number of aromatic nitrogens is 5. The number of anilines is 4. The highest BCUT2D eigenvalue weighted by Crippen LogP contribution is 2.31. The van der Waals surface area contributed by atoms with Gasteiger partial charge in [0.2, 0.25) is 5.95 Å². The van der Waals surface area contributed by atoms with Gasteiger partial charge in [0.15, 0.2) is 5.82 Å². The number of ether oxygens (including phenoxy) is 1. The number of nitrogens with zero attached hydrogens (tertiary/aromatic N) is 6. The first-order valence-electron chi connectivity index (χ1n) is 13.0. The maximum atomic E-state index is 13.8. The van der Waals surface area contributed by atoms with E-state index in [1.807, 2.05) is 6.92 Å². The fourth-order valence-corrected chi connectivity index (χ4v) is 4.26. The predicted molar refractivity (Wildman–Crippen MR) is 147 cm³/mol. The Morgan fingerprint density at radius 1 is 1.02 bits per heavy atom. The van der Waals surface area contributed by atoms with Gasteiger partial charge >= 0.3 is 6.18 Å². The molecular weight excluding hydrogens is 558 g/mol. The summed E-state index contributed by atoms with van der Waals surface area (Å²) in [7, 11) is 0. The van der Waals surface area contributed by atoms with Gasteiger partial charge in [0, 0.05) is 49.2 Å². The molecule has 1 aliphatic heterocycles. The average Bonchev–Trinajstić information content (AvgIpc) is 3.43. The van der Waals surface area contributed by atoms with Crippen molar-refractivity contribution in [2.45, 2.75) is 13.1 Å². The maximum absolute atomic E-state index is 13.8. The lowest BCUT2D eigenvalue weighted by molar-refractivity contribution is -0.137. The predicted octanol–water partition coefficient (Wildman–Crippen LogP) is 4.26. The number of carbonyl (C=O) groups excluding carboxylic acids is 1. The first kappa shape index (κ1) is 28.9. The van der Waals surface area contributed by atoms with Crippen LogP contribution >= 0.6 is 0 Å². The summed E-state index contributed by atoms with van der Waals surface area (Å²) in [6.07, 6.45) is -2.04. The molecule has 1 aliphatic rings. The minimum atomic E-state index is -4.79. The molecule has 0 unspecified atom stereocenters. The summed E-state index contributed by atoms with van der Waals surface area (Å²) in [5, 5.41) is 13.2. The lowest BCUT2D eigenvalue weighted by Gasteiger charge is -2.26. The molecule has 42 heavy (non-hydrogen) atoms. The van der Waals surface area contributed by atoms with E-state index in [-0.39, 0.29) is 5.69 Å². The Bertz CT molecular complexity index is 1550. The van der Waals surface area contributed by atoms with Gasteiger partial charge in [-0.15, -0.1) is 0 Å². The summed E-state index contributed by atoms with van der Waals surface area (Å²) in [5.74, 6) is -0.679. The number of aryl methyl sites for hydroxylation is 1. The summed E-state index contributed by atoms with van der Waals surface area (Å²) in [6.45, 7) is 6.57. The Morgan fingerprint density at radius 3 is 2.62 bits per heavy atom. The van der Waals surface area contributed by atoms with Crippen LogP contribution in [-0.2, 0) is 10.9 Å². The van der Waals surface area contributed by atoms with Gasteiger partial charge in [0.1, 0.15) is 24.3 Å². The first-order valence-corrected chi connectivity index (χ1v) is 13.0. The molecule has 1 fully saturated rings. The van der Waals surface area contributed by atoms with E-state index in [9.17, 15) is 22.4 Å². The summed E-state index contributed by atoms with van der Waals surface area (Å²) in [6, 6.07) is 8.27. The van der Waals surface area contributed by atoms with Crippen LogP contribution in [0.15, 0.2) is 55.1 Å². The molecule has 2 aromatic carbocycles. The van der Waals surface area contributed by atoms with Gasteiger partial charge in [0.05, 0.1) is 18.8 Å². The third kappa shape index (κ3) is 7.16. The van der Waals surface area contributed by atoms with E-state index in [2.05, 4.69) is 40.9 Å². The Balaban J connectivity index is 1.28. The third-order valence-electron chi connectivity index (χ3n) is 6.48. The monoisotopic (exact) mass is 585 g/mol. The molecule has 3 N–H and O–H groups in total. The van der Waals surface area contributed by atoms with Crippen molar-refractivity contribution in [3.63, 3.8) is 0 Å². The molecule has 1 amide bonds. The van der Waals surface area contributed by atoms with Crippen molar-refractivity contribution in [3.05, 3.63) is 77.6 Å². The molecule has 4 aromatic rings. The highest BCUT2D eigenvalue weighted by atomic mass is 19.4. The molecule has 15 heteroatoms. The summed E-state index contributed by atoms with van der Waals surface area (Å²) in [5.41, 5.74) is -0.129. The number of halogens is 4. The maximum Gasteiger partial charge on any atom is 0.416 e. The van der Waals surface area contributed by atoms with E-state index in [0.717, 1.165) is 44.5 Å². The second-order valence-corrected chi connectivity index (χ2v) is 9.47.